The van der Waals surface area contributed by atoms with Crippen molar-refractivity contribution in [3.63, 3.8) is 0 Å². The molecule has 4 rings (SSSR count). The number of methoxy groups -OCH3 is 4. The number of nitrogens with zero attached hydrogens (tertiary/aromatic N) is 1. The first-order valence-corrected chi connectivity index (χ1v) is 17.6. The van der Waals surface area contributed by atoms with Gasteiger partial charge >= 0.3 is 11.9 Å². The van der Waals surface area contributed by atoms with Gasteiger partial charge in [0.2, 0.25) is 5.91 Å². The van der Waals surface area contributed by atoms with Crippen molar-refractivity contribution in [2.24, 2.45) is 5.41 Å². The Morgan fingerprint density at radius 2 is 1.62 bits per heavy atom. The summed E-state index contributed by atoms with van der Waals surface area (Å²) in [6.45, 7) is 9.23. The van der Waals surface area contributed by atoms with Gasteiger partial charge in [-0.15, -0.1) is 0 Å². The molecular weight excluding hydrogens is 704 g/mol. The van der Waals surface area contributed by atoms with E-state index < -0.39 is 40.8 Å². The number of hydrogen-bond acceptors (Lipinski definition) is 10. The van der Waals surface area contributed by atoms with Gasteiger partial charge in [-0.25, -0.2) is 0 Å². The van der Waals surface area contributed by atoms with Gasteiger partial charge < -0.3 is 38.6 Å². The van der Waals surface area contributed by atoms with Crippen LogP contribution >= 0.6 is 11.6 Å². The van der Waals surface area contributed by atoms with Gasteiger partial charge in [0.15, 0.2) is 11.5 Å². The summed E-state index contributed by atoms with van der Waals surface area (Å²) in [4.78, 5) is 53.8. The number of para-hydroxylation sites is 1. The van der Waals surface area contributed by atoms with Crippen LogP contribution in [0.5, 0.6) is 17.2 Å². The molecule has 0 aromatic heterocycles. The van der Waals surface area contributed by atoms with E-state index in [1.54, 1.807) is 53.4 Å². The summed E-state index contributed by atoms with van der Waals surface area (Å²) >= 11 is 6.57. The van der Waals surface area contributed by atoms with E-state index in [4.69, 9.17) is 40.0 Å². The lowest BCUT2D eigenvalue weighted by molar-refractivity contribution is -0.144. The Morgan fingerprint density at radius 1 is 0.906 bits per heavy atom. The molecule has 0 aliphatic carbocycles. The van der Waals surface area contributed by atoms with Crippen molar-refractivity contribution in [3.8, 4) is 17.2 Å². The Labute approximate surface area is 316 Å². The minimum absolute atomic E-state index is 0.0420. The van der Waals surface area contributed by atoms with Crippen molar-refractivity contribution < 1.29 is 47.6 Å². The number of benzene rings is 3. The fourth-order valence-corrected chi connectivity index (χ4v) is 6.44. The fraction of sp³-hybridized carbons (Fsp3) is 0.450. The molecule has 12 nitrogen and oxygen atoms in total. The van der Waals surface area contributed by atoms with E-state index in [-0.39, 0.29) is 32.0 Å². The zero-order chi connectivity index (χ0) is 39.1. The second-order valence-corrected chi connectivity index (χ2v) is 14.7. The van der Waals surface area contributed by atoms with Gasteiger partial charge in [0, 0.05) is 47.1 Å². The molecule has 2 unspecified atom stereocenters. The molecule has 2 atom stereocenters. The van der Waals surface area contributed by atoms with Gasteiger partial charge in [-0.05, 0) is 53.8 Å². The molecule has 1 N–H and O–H groups in total. The van der Waals surface area contributed by atoms with Crippen LogP contribution in [0.3, 0.4) is 0 Å². The second kappa shape index (κ2) is 17.3. The molecule has 1 aliphatic rings. The first-order chi connectivity index (χ1) is 25.0. The molecule has 0 saturated carbocycles. The highest BCUT2D eigenvalue weighted by Gasteiger charge is 2.41. The van der Waals surface area contributed by atoms with Crippen LogP contribution in [-0.2, 0) is 38.8 Å². The molecule has 0 saturated heterocycles. The van der Waals surface area contributed by atoms with Crippen LogP contribution in [0.2, 0.25) is 5.02 Å². The summed E-state index contributed by atoms with van der Waals surface area (Å²) in [7, 11) is 5.88. The number of rotatable bonds is 15. The average molecular weight is 753 g/mol. The lowest BCUT2D eigenvalue weighted by Gasteiger charge is -2.33. The predicted molar refractivity (Wildman–Crippen MR) is 201 cm³/mol. The summed E-state index contributed by atoms with van der Waals surface area (Å²) in [5, 5.41) is 3.34. The van der Waals surface area contributed by atoms with E-state index >= 15 is 0 Å². The van der Waals surface area contributed by atoms with Crippen molar-refractivity contribution in [2.45, 2.75) is 71.5 Å². The van der Waals surface area contributed by atoms with Crippen LogP contribution in [0.15, 0.2) is 54.6 Å². The first kappa shape index (κ1) is 41.0. The van der Waals surface area contributed by atoms with E-state index in [9.17, 15) is 19.2 Å². The standard InChI is InChI=1S/C40H49ClN2O10/c1-24(44)52-23-39(2,3)22-43-30-15-14-26(41)20-28(30)36(27-11-10-12-32(49-7)37(27)51-9)53-33(38(43)47)21-34(45)42-29-19-25(13-16-31(29)48-6)40(4,5)18-17-35(46)50-8/h10-16,19-20,33,36H,17-18,21-23H2,1-9H3,(H,42,45). The quantitative estimate of drug-likeness (QED) is 0.161. The first-order valence-electron chi connectivity index (χ1n) is 17.2. The van der Waals surface area contributed by atoms with Crippen LogP contribution in [0.4, 0.5) is 11.4 Å². The monoisotopic (exact) mass is 752 g/mol. The Hall–Kier alpha value is -4.81. The van der Waals surface area contributed by atoms with Crippen LogP contribution in [0, 0.1) is 5.41 Å². The average Bonchev–Trinajstić information content (AvgIpc) is 3.22. The summed E-state index contributed by atoms with van der Waals surface area (Å²) in [6.07, 6.45) is -1.86. The Kier molecular flexibility index (Phi) is 13.4. The van der Waals surface area contributed by atoms with Gasteiger partial charge in [-0.2, -0.15) is 0 Å². The number of ether oxygens (including phenoxy) is 6. The topological polar surface area (TPSA) is 139 Å². The summed E-state index contributed by atoms with van der Waals surface area (Å²) in [5.41, 5.74) is 1.73. The number of amides is 2. The summed E-state index contributed by atoms with van der Waals surface area (Å²) < 4.78 is 33.8. The number of carbonyl (C=O) groups is 4. The van der Waals surface area contributed by atoms with E-state index in [1.165, 1.54) is 35.4 Å². The molecular formula is C40H49ClN2O10. The van der Waals surface area contributed by atoms with Crippen molar-refractivity contribution in [3.05, 3.63) is 76.3 Å². The second-order valence-electron chi connectivity index (χ2n) is 14.3. The minimum Gasteiger partial charge on any atom is -0.495 e. The summed E-state index contributed by atoms with van der Waals surface area (Å²) in [5.74, 6) is -0.495. The number of hydrogen-bond donors (Lipinski definition) is 1. The normalized spacial score (nSPS) is 15.9. The third-order valence-corrected chi connectivity index (χ3v) is 9.42. The molecule has 1 aliphatic heterocycles. The Balaban J connectivity index is 1.77. The van der Waals surface area contributed by atoms with Crippen molar-refractivity contribution in [1.29, 1.82) is 0 Å². The SMILES string of the molecule is COC(=O)CCC(C)(C)c1ccc(OC)c(NC(=O)CC2OC(c3cccc(OC)c3OC)c3cc(Cl)ccc3N(CC(C)(C)COC(C)=O)C2=O)c1. The molecule has 1 heterocycles. The van der Waals surface area contributed by atoms with Crippen LogP contribution in [0.25, 0.3) is 0 Å². The molecule has 13 heteroatoms. The molecule has 0 radical (unpaired) electrons. The molecule has 286 valence electrons. The van der Waals surface area contributed by atoms with Crippen molar-refractivity contribution >= 4 is 46.7 Å². The zero-order valence-electron chi connectivity index (χ0n) is 31.8. The maximum atomic E-state index is 14.7. The highest BCUT2D eigenvalue weighted by molar-refractivity contribution is 6.30. The highest BCUT2D eigenvalue weighted by atomic mass is 35.5. The van der Waals surface area contributed by atoms with E-state index in [2.05, 4.69) is 5.32 Å². The number of carbonyl (C=O) groups excluding carboxylic acids is 4. The number of anilines is 2. The lowest BCUT2D eigenvalue weighted by atomic mass is 9.80. The zero-order valence-corrected chi connectivity index (χ0v) is 32.5. The van der Waals surface area contributed by atoms with E-state index in [0.717, 1.165) is 5.56 Å². The Bertz CT molecular complexity index is 1820. The highest BCUT2D eigenvalue weighted by Crippen LogP contribution is 2.46. The number of esters is 2. The van der Waals surface area contributed by atoms with Gasteiger partial charge in [-0.1, -0.05) is 57.5 Å². The maximum Gasteiger partial charge on any atom is 0.305 e. The molecule has 2 amide bonds. The molecule has 0 fully saturated rings. The molecule has 3 aromatic rings. The van der Waals surface area contributed by atoms with Crippen LogP contribution in [-0.4, -0.2) is 71.4 Å². The Morgan fingerprint density at radius 3 is 2.26 bits per heavy atom. The van der Waals surface area contributed by atoms with E-state index in [0.29, 0.717) is 51.2 Å². The molecule has 0 spiro atoms. The largest absolute Gasteiger partial charge is 0.495 e. The van der Waals surface area contributed by atoms with Crippen LogP contribution in [0.1, 0.15) is 76.7 Å². The third-order valence-electron chi connectivity index (χ3n) is 9.18. The van der Waals surface area contributed by atoms with Crippen LogP contribution < -0.4 is 24.4 Å². The van der Waals surface area contributed by atoms with Gasteiger partial charge in [0.05, 0.1) is 47.2 Å². The number of halogens is 1. The number of nitrogens with one attached hydrogen (secondary N) is 1. The lowest BCUT2D eigenvalue weighted by Crippen LogP contribution is -2.46. The van der Waals surface area contributed by atoms with Gasteiger partial charge in [0.1, 0.15) is 18.0 Å². The summed E-state index contributed by atoms with van der Waals surface area (Å²) in [6, 6.07) is 15.9. The van der Waals surface area contributed by atoms with Crippen molar-refractivity contribution in [1.82, 2.24) is 0 Å². The van der Waals surface area contributed by atoms with E-state index in [1.807, 2.05) is 33.8 Å². The third kappa shape index (κ3) is 10.00. The molecule has 3 aromatic carbocycles. The fourth-order valence-electron chi connectivity index (χ4n) is 6.26. The predicted octanol–water partition coefficient (Wildman–Crippen LogP) is 7.04. The van der Waals surface area contributed by atoms with Gasteiger partial charge in [-0.3, -0.25) is 19.2 Å². The maximum absolute atomic E-state index is 14.7. The van der Waals surface area contributed by atoms with Crippen molar-refractivity contribution in [2.75, 3.05) is 51.8 Å². The number of fused-ring (bicyclic) bond motifs is 1. The molecule has 53 heavy (non-hydrogen) atoms. The molecule has 0 bridgehead atoms. The minimum atomic E-state index is -1.29. The van der Waals surface area contributed by atoms with Gasteiger partial charge in [0.25, 0.3) is 5.91 Å². The smallest absolute Gasteiger partial charge is 0.305 e.